The molecule has 3 rings (SSSR count). The minimum atomic E-state index is -0.0930. The average Bonchev–Trinajstić information content (AvgIpc) is 2.74. The molecule has 3 nitrogen and oxygen atoms in total. The maximum absolute atomic E-state index is 5.80. The lowest BCUT2D eigenvalue weighted by molar-refractivity contribution is -0.161. The summed E-state index contributed by atoms with van der Waals surface area (Å²) in [4.78, 5) is 5.80. The third-order valence-corrected chi connectivity index (χ3v) is 2.93. The highest BCUT2D eigenvalue weighted by molar-refractivity contribution is 5.79. The highest BCUT2D eigenvalue weighted by Gasteiger charge is 2.16. The molecule has 0 amide bonds. The topological polar surface area (TPSA) is 23.4 Å². The van der Waals surface area contributed by atoms with E-state index in [4.69, 9.17) is 9.57 Å². The second kappa shape index (κ2) is 4.18. The lowest BCUT2D eigenvalue weighted by Gasteiger charge is -2.23. The van der Waals surface area contributed by atoms with Crippen LogP contribution in [-0.4, -0.2) is 17.6 Å². The molecule has 1 aromatic heterocycles. The molecule has 1 aliphatic rings. The smallest absolute Gasteiger partial charge is 0.224 e. The number of fused-ring (bicyclic) bond motifs is 1. The molecule has 2 heterocycles. The molecule has 3 heteroatoms. The van der Waals surface area contributed by atoms with E-state index in [1.165, 1.54) is 11.8 Å². The summed E-state index contributed by atoms with van der Waals surface area (Å²) in [6.07, 6.45) is 5.16. The molecule has 0 aliphatic carbocycles. The summed E-state index contributed by atoms with van der Waals surface area (Å²) in [6, 6.07) is 10.2. The molecular weight excluding hydrogens is 202 g/mol. The van der Waals surface area contributed by atoms with Gasteiger partial charge in [0.25, 0.3) is 0 Å². The standard InChI is InChI=1S/C13H15NO2/c1-2-6-12-11(5-1)8-9-14(12)16-13-7-3-4-10-15-13/h1-2,5-6,8-9,13H,3-4,7,10H2. The predicted molar refractivity (Wildman–Crippen MR) is 62.1 cm³/mol. The molecule has 1 saturated heterocycles. The van der Waals surface area contributed by atoms with E-state index in [-0.39, 0.29) is 6.29 Å². The lowest BCUT2D eigenvalue weighted by Crippen LogP contribution is -2.30. The number of rotatable bonds is 2. The number of aromatic nitrogens is 1. The van der Waals surface area contributed by atoms with E-state index in [1.807, 2.05) is 23.1 Å². The Bertz CT molecular complexity index is 471. The zero-order valence-corrected chi connectivity index (χ0v) is 9.13. The Morgan fingerprint density at radius 2 is 2.12 bits per heavy atom. The number of benzene rings is 1. The number of para-hydroxylation sites is 1. The van der Waals surface area contributed by atoms with Gasteiger partial charge in [-0.15, -0.1) is 0 Å². The highest BCUT2D eigenvalue weighted by atomic mass is 16.8. The molecule has 0 bridgehead atoms. The maximum Gasteiger partial charge on any atom is 0.224 e. The van der Waals surface area contributed by atoms with Gasteiger partial charge < -0.3 is 9.57 Å². The van der Waals surface area contributed by atoms with Crippen molar-refractivity contribution < 1.29 is 9.57 Å². The van der Waals surface area contributed by atoms with Crippen LogP contribution >= 0.6 is 0 Å². The number of hydrogen-bond acceptors (Lipinski definition) is 2. The highest BCUT2D eigenvalue weighted by Crippen LogP contribution is 2.17. The van der Waals surface area contributed by atoms with Crippen LogP contribution in [0.2, 0.25) is 0 Å². The third-order valence-electron chi connectivity index (χ3n) is 2.93. The Morgan fingerprint density at radius 1 is 1.19 bits per heavy atom. The molecule has 1 aliphatic heterocycles. The Morgan fingerprint density at radius 3 is 3.00 bits per heavy atom. The first-order valence-electron chi connectivity index (χ1n) is 5.78. The Hall–Kier alpha value is -1.48. The summed E-state index contributed by atoms with van der Waals surface area (Å²) in [6.45, 7) is 0.809. The molecule has 0 spiro atoms. The van der Waals surface area contributed by atoms with Gasteiger partial charge in [-0.1, -0.05) is 18.2 Å². The third kappa shape index (κ3) is 1.78. The van der Waals surface area contributed by atoms with Gasteiger partial charge in [-0.25, -0.2) is 0 Å². The van der Waals surface area contributed by atoms with Gasteiger partial charge in [0.2, 0.25) is 6.29 Å². The maximum atomic E-state index is 5.80. The first-order valence-corrected chi connectivity index (χ1v) is 5.78. The van der Waals surface area contributed by atoms with Crippen molar-refractivity contribution in [2.75, 3.05) is 6.61 Å². The van der Waals surface area contributed by atoms with Crippen molar-refractivity contribution in [1.29, 1.82) is 0 Å². The van der Waals surface area contributed by atoms with E-state index in [0.29, 0.717) is 0 Å². The van der Waals surface area contributed by atoms with Gasteiger partial charge in [0.1, 0.15) is 0 Å². The van der Waals surface area contributed by atoms with Crippen LogP contribution in [0.1, 0.15) is 19.3 Å². The van der Waals surface area contributed by atoms with Gasteiger partial charge in [-0.2, -0.15) is 4.73 Å². The van der Waals surface area contributed by atoms with Crippen LogP contribution in [0.4, 0.5) is 0 Å². The summed E-state index contributed by atoms with van der Waals surface area (Å²) in [5, 5.41) is 1.19. The first-order chi connectivity index (χ1) is 7.93. The molecule has 2 aromatic rings. The minimum absolute atomic E-state index is 0.0930. The second-order valence-electron chi connectivity index (χ2n) is 4.10. The fourth-order valence-corrected chi connectivity index (χ4v) is 2.07. The van der Waals surface area contributed by atoms with E-state index in [9.17, 15) is 0 Å². The SMILES string of the molecule is c1ccc2c(c1)ccn2OC1CCCCO1. The summed E-state index contributed by atoms with van der Waals surface area (Å²) in [7, 11) is 0. The van der Waals surface area contributed by atoms with Crippen LogP contribution in [-0.2, 0) is 4.74 Å². The summed E-state index contributed by atoms with van der Waals surface area (Å²) in [5.41, 5.74) is 1.09. The van der Waals surface area contributed by atoms with E-state index < -0.39 is 0 Å². The van der Waals surface area contributed by atoms with Crippen molar-refractivity contribution in [2.24, 2.45) is 0 Å². The van der Waals surface area contributed by atoms with E-state index in [2.05, 4.69) is 18.2 Å². The number of hydrogen-bond donors (Lipinski definition) is 0. The van der Waals surface area contributed by atoms with Crippen molar-refractivity contribution in [1.82, 2.24) is 4.73 Å². The zero-order chi connectivity index (χ0) is 10.8. The van der Waals surface area contributed by atoms with Gasteiger partial charge in [0.05, 0.1) is 12.1 Å². The van der Waals surface area contributed by atoms with Gasteiger partial charge in [-0.3, -0.25) is 0 Å². The fraction of sp³-hybridized carbons (Fsp3) is 0.385. The molecule has 0 radical (unpaired) electrons. The van der Waals surface area contributed by atoms with E-state index in [0.717, 1.165) is 25.0 Å². The monoisotopic (exact) mass is 217 g/mol. The Balaban J connectivity index is 1.83. The van der Waals surface area contributed by atoms with Crippen LogP contribution in [0, 0.1) is 0 Å². The molecule has 0 N–H and O–H groups in total. The molecule has 0 saturated carbocycles. The van der Waals surface area contributed by atoms with Crippen molar-refractivity contribution in [3.8, 4) is 0 Å². The largest absolute Gasteiger partial charge is 0.382 e. The quantitative estimate of drug-likeness (QED) is 0.772. The van der Waals surface area contributed by atoms with Crippen LogP contribution < -0.4 is 4.84 Å². The van der Waals surface area contributed by atoms with Gasteiger partial charge in [0, 0.05) is 18.0 Å². The summed E-state index contributed by atoms with van der Waals surface area (Å²) >= 11 is 0. The van der Waals surface area contributed by atoms with Crippen LogP contribution in [0.5, 0.6) is 0 Å². The van der Waals surface area contributed by atoms with Crippen LogP contribution in [0.15, 0.2) is 36.5 Å². The average molecular weight is 217 g/mol. The van der Waals surface area contributed by atoms with Crippen molar-refractivity contribution >= 4 is 10.9 Å². The molecule has 1 unspecified atom stereocenters. The van der Waals surface area contributed by atoms with Gasteiger partial charge >= 0.3 is 0 Å². The first kappa shape index (κ1) is 9.73. The predicted octanol–water partition coefficient (Wildman–Crippen LogP) is 2.60. The molecular formula is C13H15NO2. The van der Waals surface area contributed by atoms with Crippen LogP contribution in [0.25, 0.3) is 10.9 Å². The molecule has 16 heavy (non-hydrogen) atoms. The normalized spacial score (nSPS) is 21.1. The summed E-state index contributed by atoms with van der Waals surface area (Å²) < 4.78 is 7.37. The van der Waals surface area contributed by atoms with Crippen molar-refractivity contribution in [3.63, 3.8) is 0 Å². The Kier molecular flexibility index (Phi) is 2.54. The number of ether oxygens (including phenoxy) is 1. The minimum Gasteiger partial charge on any atom is -0.382 e. The van der Waals surface area contributed by atoms with Crippen molar-refractivity contribution in [2.45, 2.75) is 25.6 Å². The molecule has 1 aromatic carbocycles. The van der Waals surface area contributed by atoms with Gasteiger partial charge in [-0.05, 0) is 25.0 Å². The fourth-order valence-electron chi connectivity index (χ4n) is 2.07. The molecule has 1 atom stereocenters. The van der Waals surface area contributed by atoms with Gasteiger partial charge in [0.15, 0.2) is 0 Å². The molecule has 1 fully saturated rings. The second-order valence-corrected chi connectivity index (χ2v) is 4.10. The van der Waals surface area contributed by atoms with E-state index in [1.54, 1.807) is 0 Å². The lowest BCUT2D eigenvalue weighted by atomic mass is 10.2. The number of nitrogens with zero attached hydrogens (tertiary/aromatic N) is 1. The van der Waals surface area contributed by atoms with E-state index >= 15 is 0 Å². The van der Waals surface area contributed by atoms with Crippen molar-refractivity contribution in [3.05, 3.63) is 36.5 Å². The van der Waals surface area contributed by atoms with Crippen LogP contribution in [0.3, 0.4) is 0 Å². The molecule has 84 valence electrons. The Labute approximate surface area is 94.5 Å². The zero-order valence-electron chi connectivity index (χ0n) is 9.13. The summed E-state index contributed by atoms with van der Waals surface area (Å²) in [5.74, 6) is 0.